The summed E-state index contributed by atoms with van der Waals surface area (Å²) in [5.41, 5.74) is 0. The molecule has 3 atom stereocenters. The van der Waals surface area contributed by atoms with Crippen molar-refractivity contribution in [2.45, 2.75) is 64.1 Å². The molecule has 21 heavy (non-hydrogen) atoms. The van der Waals surface area contributed by atoms with Crippen molar-refractivity contribution in [3.8, 4) is 0 Å². The molecule has 3 fully saturated rings. The number of carbonyl (C=O) groups is 2. The number of nitrogens with zero attached hydrogens (tertiary/aromatic N) is 1. The number of carbonyl (C=O) groups excluding carboxylic acids is 2. The highest BCUT2D eigenvalue weighted by Gasteiger charge is 2.44. The van der Waals surface area contributed by atoms with Crippen LogP contribution in [0.4, 0.5) is 0 Å². The van der Waals surface area contributed by atoms with Gasteiger partial charge in [0.2, 0.25) is 11.8 Å². The maximum Gasteiger partial charge on any atom is 0.227 e. The van der Waals surface area contributed by atoms with Crippen LogP contribution in [0.2, 0.25) is 0 Å². The van der Waals surface area contributed by atoms with Crippen molar-refractivity contribution in [1.82, 2.24) is 15.5 Å². The van der Waals surface area contributed by atoms with Crippen LogP contribution in [0.15, 0.2) is 0 Å². The number of nitrogens with one attached hydrogen (secondary N) is 2. The zero-order valence-corrected chi connectivity index (χ0v) is 13.1. The van der Waals surface area contributed by atoms with Crippen molar-refractivity contribution in [2.75, 3.05) is 13.1 Å². The second-order valence-electron chi connectivity index (χ2n) is 7.15. The van der Waals surface area contributed by atoms with Crippen LogP contribution in [-0.4, -0.2) is 47.9 Å². The number of rotatable bonds is 3. The summed E-state index contributed by atoms with van der Waals surface area (Å²) in [6.07, 6.45) is 5.18. The second-order valence-corrected chi connectivity index (χ2v) is 7.15. The fourth-order valence-electron chi connectivity index (χ4n) is 3.94. The normalized spacial score (nSPS) is 32.7. The van der Waals surface area contributed by atoms with E-state index in [0.717, 1.165) is 38.8 Å². The molecule has 3 rings (SSSR count). The fraction of sp³-hybridized carbons (Fsp3) is 0.875. The van der Waals surface area contributed by atoms with Gasteiger partial charge in [-0.15, -0.1) is 0 Å². The molecule has 0 aromatic heterocycles. The van der Waals surface area contributed by atoms with Crippen molar-refractivity contribution >= 4 is 11.8 Å². The van der Waals surface area contributed by atoms with Gasteiger partial charge in [-0.2, -0.15) is 0 Å². The monoisotopic (exact) mass is 293 g/mol. The molecule has 5 nitrogen and oxygen atoms in total. The van der Waals surface area contributed by atoms with E-state index in [2.05, 4.69) is 10.6 Å². The molecular formula is C16H27N3O2. The number of likely N-dealkylation sites (tertiary alicyclic amines) is 1. The molecule has 0 saturated carbocycles. The van der Waals surface area contributed by atoms with Gasteiger partial charge in [-0.3, -0.25) is 9.59 Å². The van der Waals surface area contributed by atoms with Gasteiger partial charge in [0.05, 0.1) is 5.92 Å². The zero-order chi connectivity index (χ0) is 15.0. The van der Waals surface area contributed by atoms with E-state index in [4.69, 9.17) is 0 Å². The number of hydrogen-bond acceptors (Lipinski definition) is 3. The highest BCUT2D eigenvalue weighted by Crippen LogP contribution is 2.34. The molecular weight excluding hydrogens is 266 g/mol. The Morgan fingerprint density at radius 2 is 1.86 bits per heavy atom. The van der Waals surface area contributed by atoms with Crippen molar-refractivity contribution in [3.05, 3.63) is 0 Å². The van der Waals surface area contributed by atoms with E-state index in [-0.39, 0.29) is 23.8 Å². The molecule has 3 unspecified atom stereocenters. The second kappa shape index (κ2) is 5.95. The van der Waals surface area contributed by atoms with Gasteiger partial charge in [-0.1, -0.05) is 13.8 Å². The van der Waals surface area contributed by atoms with Crippen molar-refractivity contribution in [2.24, 2.45) is 11.8 Å². The summed E-state index contributed by atoms with van der Waals surface area (Å²) in [7, 11) is 0. The van der Waals surface area contributed by atoms with Gasteiger partial charge in [-0.05, 0) is 32.1 Å². The number of piperidine rings is 1. The third-order valence-corrected chi connectivity index (χ3v) is 5.29. The fourth-order valence-corrected chi connectivity index (χ4v) is 3.94. The lowest BCUT2D eigenvalue weighted by atomic mass is 9.87. The average Bonchev–Trinajstić information content (AvgIpc) is 3.10. The molecule has 0 aromatic carbocycles. The molecule has 3 saturated heterocycles. The van der Waals surface area contributed by atoms with E-state index in [1.54, 1.807) is 0 Å². The van der Waals surface area contributed by atoms with Gasteiger partial charge in [0.25, 0.3) is 0 Å². The predicted octanol–water partition coefficient (Wildman–Crippen LogP) is 0.890. The van der Waals surface area contributed by atoms with Crippen LogP contribution in [0.5, 0.6) is 0 Å². The molecule has 0 aliphatic carbocycles. The lowest BCUT2D eigenvalue weighted by Crippen LogP contribution is -2.50. The third-order valence-electron chi connectivity index (χ3n) is 5.29. The minimum atomic E-state index is 0.0322. The molecule has 2 amide bonds. The Balaban J connectivity index is 1.47. The molecule has 5 heteroatoms. The first-order chi connectivity index (χ1) is 10.0. The molecule has 2 bridgehead atoms. The number of hydrogen-bond donors (Lipinski definition) is 2. The van der Waals surface area contributed by atoms with E-state index in [9.17, 15) is 9.59 Å². The van der Waals surface area contributed by atoms with Gasteiger partial charge in [0.15, 0.2) is 0 Å². The Morgan fingerprint density at radius 1 is 1.14 bits per heavy atom. The summed E-state index contributed by atoms with van der Waals surface area (Å²) in [5.74, 6) is 0.691. The Labute approximate surface area is 126 Å². The van der Waals surface area contributed by atoms with Gasteiger partial charge in [-0.25, -0.2) is 0 Å². The van der Waals surface area contributed by atoms with E-state index in [1.807, 2.05) is 18.7 Å². The van der Waals surface area contributed by atoms with Crippen LogP contribution in [0.1, 0.15) is 46.0 Å². The van der Waals surface area contributed by atoms with Crippen LogP contribution in [0, 0.1) is 11.8 Å². The Bertz CT molecular complexity index is 416. The molecule has 2 N–H and O–H groups in total. The Hall–Kier alpha value is -1.10. The maximum absolute atomic E-state index is 12.6. The van der Waals surface area contributed by atoms with E-state index in [1.165, 1.54) is 6.42 Å². The first-order valence-corrected chi connectivity index (χ1v) is 8.40. The lowest BCUT2D eigenvalue weighted by Gasteiger charge is -2.35. The zero-order valence-electron chi connectivity index (χ0n) is 13.1. The summed E-state index contributed by atoms with van der Waals surface area (Å²) in [5, 5.41) is 6.63. The highest BCUT2D eigenvalue weighted by atomic mass is 16.2. The summed E-state index contributed by atoms with van der Waals surface area (Å²) < 4.78 is 0. The van der Waals surface area contributed by atoms with Crippen molar-refractivity contribution < 1.29 is 9.59 Å². The number of fused-ring (bicyclic) bond motifs is 2. The minimum Gasteiger partial charge on any atom is -0.353 e. The van der Waals surface area contributed by atoms with E-state index < -0.39 is 0 Å². The van der Waals surface area contributed by atoms with E-state index >= 15 is 0 Å². The molecule has 3 aliphatic heterocycles. The van der Waals surface area contributed by atoms with Crippen LogP contribution in [0.25, 0.3) is 0 Å². The summed E-state index contributed by atoms with van der Waals surface area (Å²) in [6.45, 7) is 5.40. The molecule has 3 heterocycles. The quantitative estimate of drug-likeness (QED) is 0.812. The summed E-state index contributed by atoms with van der Waals surface area (Å²) in [6, 6.07) is 1.23. The van der Waals surface area contributed by atoms with Crippen molar-refractivity contribution in [3.63, 3.8) is 0 Å². The van der Waals surface area contributed by atoms with Crippen molar-refractivity contribution in [1.29, 1.82) is 0 Å². The maximum atomic E-state index is 12.6. The first kappa shape index (κ1) is 14.8. The van der Waals surface area contributed by atoms with Crippen LogP contribution in [-0.2, 0) is 9.59 Å². The molecule has 0 spiro atoms. The topological polar surface area (TPSA) is 61.4 Å². The van der Waals surface area contributed by atoms with Gasteiger partial charge in [0.1, 0.15) is 0 Å². The average molecular weight is 293 g/mol. The molecule has 3 aliphatic rings. The summed E-state index contributed by atoms with van der Waals surface area (Å²) >= 11 is 0. The van der Waals surface area contributed by atoms with E-state index in [0.29, 0.717) is 18.0 Å². The lowest BCUT2D eigenvalue weighted by molar-refractivity contribution is -0.137. The standard InChI is InChI=1S/C16H27N3O2/c1-10(2)15(20)18-11-5-7-19(8-6-11)16(21)13-9-12-3-4-14(13)17-12/h10-14,17H,3-9H2,1-2H3,(H,18,20). The molecule has 118 valence electrons. The Kier molecular flexibility index (Phi) is 4.20. The smallest absolute Gasteiger partial charge is 0.227 e. The molecule has 0 radical (unpaired) electrons. The number of amides is 2. The largest absolute Gasteiger partial charge is 0.353 e. The van der Waals surface area contributed by atoms with Gasteiger partial charge >= 0.3 is 0 Å². The minimum absolute atomic E-state index is 0.0322. The van der Waals surface area contributed by atoms with Gasteiger partial charge < -0.3 is 15.5 Å². The Morgan fingerprint density at radius 3 is 2.38 bits per heavy atom. The SMILES string of the molecule is CC(C)C(=O)NC1CCN(C(=O)C2CC3CCC2N3)CC1. The van der Waals surface area contributed by atoms with Crippen LogP contribution < -0.4 is 10.6 Å². The van der Waals surface area contributed by atoms with Gasteiger partial charge in [0, 0.05) is 37.1 Å². The predicted molar refractivity (Wildman–Crippen MR) is 80.6 cm³/mol. The molecule has 0 aromatic rings. The van der Waals surface area contributed by atoms with Crippen LogP contribution in [0.3, 0.4) is 0 Å². The highest BCUT2D eigenvalue weighted by molar-refractivity contribution is 5.80. The summed E-state index contributed by atoms with van der Waals surface area (Å²) in [4.78, 5) is 26.4. The van der Waals surface area contributed by atoms with Crippen LogP contribution >= 0.6 is 0 Å². The first-order valence-electron chi connectivity index (χ1n) is 8.40. The third kappa shape index (κ3) is 3.07.